The van der Waals surface area contributed by atoms with Gasteiger partial charge in [-0.1, -0.05) is 54.4 Å². The maximum atomic E-state index is 3.49. The van der Waals surface area contributed by atoms with Gasteiger partial charge >= 0.3 is 0 Å². The molecule has 0 fully saturated rings. The lowest BCUT2D eigenvalue weighted by molar-refractivity contribution is 0.214. The molecule has 1 heteroatoms. The second-order valence-corrected chi connectivity index (χ2v) is 6.62. The van der Waals surface area contributed by atoms with Gasteiger partial charge in [0.2, 0.25) is 0 Å². The third-order valence-electron chi connectivity index (χ3n) is 3.99. The Morgan fingerprint density at radius 3 is 2.00 bits per heavy atom. The second kappa shape index (κ2) is 7.32. The number of hydrogen-bond acceptors (Lipinski definition) is 1. The molecule has 0 aliphatic heterocycles. The SMILES string of the molecule is CCCC(C)CC(CC(C)C(C)(C)C)NC. The first-order valence-corrected chi connectivity index (χ1v) is 6.98. The molecule has 3 unspecified atom stereocenters. The van der Waals surface area contributed by atoms with Crippen molar-refractivity contribution < 1.29 is 0 Å². The summed E-state index contributed by atoms with van der Waals surface area (Å²) in [4.78, 5) is 0. The van der Waals surface area contributed by atoms with Crippen LogP contribution in [0, 0.1) is 17.3 Å². The number of rotatable bonds is 7. The molecule has 0 aliphatic rings. The number of hydrogen-bond donors (Lipinski definition) is 1. The highest BCUT2D eigenvalue weighted by Crippen LogP contribution is 2.30. The molecule has 0 radical (unpaired) electrons. The summed E-state index contributed by atoms with van der Waals surface area (Å²) in [6.07, 6.45) is 5.30. The first kappa shape index (κ1) is 16.0. The molecule has 0 bridgehead atoms. The minimum atomic E-state index is 0.434. The zero-order chi connectivity index (χ0) is 12.8. The van der Waals surface area contributed by atoms with E-state index >= 15 is 0 Å². The summed E-state index contributed by atoms with van der Waals surface area (Å²) in [5.74, 6) is 1.63. The quantitative estimate of drug-likeness (QED) is 0.676. The van der Waals surface area contributed by atoms with Gasteiger partial charge in [0.1, 0.15) is 0 Å². The lowest BCUT2D eigenvalue weighted by Crippen LogP contribution is -2.32. The van der Waals surface area contributed by atoms with Crippen LogP contribution in [0.5, 0.6) is 0 Å². The van der Waals surface area contributed by atoms with E-state index in [0.717, 1.165) is 11.8 Å². The highest BCUT2D eigenvalue weighted by molar-refractivity contribution is 4.77. The van der Waals surface area contributed by atoms with Crippen LogP contribution < -0.4 is 5.32 Å². The maximum Gasteiger partial charge on any atom is 0.00693 e. The lowest BCUT2D eigenvalue weighted by Gasteiger charge is -2.31. The van der Waals surface area contributed by atoms with Crippen molar-refractivity contribution >= 4 is 0 Å². The van der Waals surface area contributed by atoms with Crippen LogP contribution >= 0.6 is 0 Å². The molecule has 98 valence electrons. The minimum Gasteiger partial charge on any atom is -0.317 e. The van der Waals surface area contributed by atoms with Crippen LogP contribution in [-0.2, 0) is 0 Å². The molecule has 0 aromatic carbocycles. The smallest absolute Gasteiger partial charge is 0.00693 e. The van der Waals surface area contributed by atoms with E-state index in [9.17, 15) is 0 Å². The largest absolute Gasteiger partial charge is 0.317 e. The molecule has 0 rings (SSSR count). The Balaban J connectivity index is 4.10. The summed E-state index contributed by atoms with van der Waals surface area (Å²) >= 11 is 0. The van der Waals surface area contributed by atoms with E-state index in [1.807, 2.05) is 0 Å². The fraction of sp³-hybridized carbons (Fsp3) is 1.00. The van der Waals surface area contributed by atoms with Gasteiger partial charge < -0.3 is 5.32 Å². The molecule has 0 aromatic heterocycles. The summed E-state index contributed by atoms with van der Waals surface area (Å²) < 4.78 is 0. The predicted octanol–water partition coefficient (Wildman–Crippen LogP) is 4.47. The van der Waals surface area contributed by atoms with Crippen LogP contribution in [0.25, 0.3) is 0 Å². The molecule has 0 amide bonds. The Morgan fingerprint density at radius 1 is 1.06 bits per heavy atom. The third-order valence-corrected chi connectivity index (χ3v) is 3.99. The molecular formula is C15H33N. The monoisotopic (exact) mass is 227 g/mol. The summed E-state index contributed by atoms with van der Waals surface area (Å²) in [6, 6.07) is 0.691. The Bertz CT molecular complexity index is 169. The first-order chi connectivity index (χ1) is 7.31. The summed E-state index contributed by atoms with van der Waals surface area (Å²) in [5.41, 5.74) is 0.434. The van der Waals surface area contributed by atoms with E-state index in [2.05, 4.69) is 53.9 Å². The van der Waals surface area contributed by atoms with E-state index in [0.29, 0.717) is 11.5 Å². The molecule has 0 saturated heterocycles. The van der Waals surface area contributed by atoms with Crippen LogP contribution in [0.3, 0.4) is 0 Å². The lowest BCUT2D eigenvalue weighted by atomic mass is 9.77. The highest BCUT2D eigenvalue weighted by Gasteiger charge is 2.23. The van der Waals surface area contributed by atoms with Crippen LogP contribution in [0.1, 0.15) is 67.2 Å². The second-order valence-electron chi connectivity index (χ2n) is 6.62. The van der Waals surface area contributed by atoms with Gasteiger partial charge in [0.05, 0.1) is 0 Å². The van der Waals surface area contributed by atoms with Gasteiger partial charge in [0.15, 0.2) is 0 Å². The molecular weight excluding hydrogens is 194 g/mol. The highest BCUT2D eigenvalue weighted by atomic mass is 14.9. The Kier molecular flexibility index (Phi) is 7.30. The van der Waals surface area contributed by atoms with Gasteiger partial charge in [0, 0.05) is 6.04 Å². The fourth-order valence-electron chi connectivity index (χ4n) is 2.21. The van der Waals surface area contributed by atoms with Crippen molar-refractivity contribution in [1.29, 1.82) is 0 Å². The summed E-state index contributed by atoms with van der Waals surface area (Å²) in [5, 5.41) is 3.49. The topological polar surface area (TPSA) is 12.0 Å². The van der Waals surface area contributed by atoms with Crippen LogP contribution in [0.2, 0.25) is 0 Å². The average molecular weight is 227 g/mol. The van der Waals surface area contributed by atoms with Gasteiger partial charge in [-0.15, -0.1) is 0 Å². The first-order valence-electron chi connectivity index (χ1n) is 6.98. The van der Waals surface area contributed by atoms with Gasteiger partial charge in [-0.05, 0) is 37.1 Å². The van der Waals surface area contributed by atoms with Crippen LogP contribution in [0.15, 0.2) is 0 Å². The Morgan fingerprint density at radius 2 is 1.62 bits per heavy atom. The summed E-state index contributed by atoms with van der Waals surface area (Å²) in [6.45, 7) is 14.1. The number of nitrogens with one attached hydrogen (secondary N) is 1. The Labute approximate surface area is 103 Å². The fourth-order valence-corrected chi connectivity index (χ4v) is 2.21. The van der Waals surface area contributed by atoms with Crippen LogP contribution in [0.4, 0.5) is 0 Å². The van der Waals surface area contributed by atoms with E-state index in [1.165, 1.54) is 25.7 Å². The van der Waals surface area contributed by atoms with E-state index < -0.39 is 0 Å². The molecule has 0 aromatic rings. The molecule has 0 heterocycles. The zero-order valence-corrected chi connectivity index (χ0v) is 12.6. The summed E-state index contributed by atoms with van der Waals surface area (Å²) in [7, 11) is 2.11. The third kappa shape index (κ3) is 6.52. The predicted molar refractivity (Wildman–Crippen MR) is 74.8 cm³/mol. The zero-order valence-electron chi connectivity index (χ0n) is 12.6. The van der Waals surface area contributed by atoms with Gasteiger partial charge in [-0.25, -0.2) is 0 Å². The van der Waals surface area contributed by atoms with Gasteiger partial charge in [0.25, 0.3) is 0 Å². The van der Waals surface area contributed by atoms with Crippen molar-refractivity contribution in [2.45, 2.75) is 73.3 Å². The maximum absolute atomic E-state index is 3.49. The minimum absolute atomic E-state index is 0.434. The molecule has 0 aliphatic carbocycles. The van der Waals surface area contributed by atoms with E-state index in [1.54, 1.807) is 0 Å². The molecule has 1 N–H and O–H groups in total. The molecule has 1 nitrogen and oxygen atoms in total. The molecule has 3 atom stereocenters. The van der Waals surface area contributed by atoms with Gasteiger partial charge in [-0.3, -0.25) is 0 Å². The van der Waals surface area contributed by atoms with Gasteiger partial charge in [-0.2, -0.15) is 0 Å². The standard InChI is InChI=1S/C15H33N/c1-8-9-12(2)10-14(16-7)11-13(3)15(4,5)6/h12-14,16H,8-11H2,1-7H3. The van der Waals surface area contributed by atoms with Crippen molar-refractivity contribution in [2.75, 3.05) is 7.05 Å². The van der Waals surface area contributed by atoms with Crippen molar-refractivity contribution in [3.05, 3.63) is 0 Å². The molecule has 16 heavy (non-hydrogen) atoms. The molecule has 0 saturated carbocycles. The normalized spacial score (nSPS) is 18.2. The van der Waals surface area contributed by atoms with E-state index in [4.69, 9.17) is 0 Å². The molecule has 0 spiro atoms. The van der Waals surface area contributed by atoms with Crippen molar-refractivity contribution in [3.8, 4) is 0 Å². The van der Waals surface area contributed by atoms with Crippen molar-refractivity contribution in [3.63, 3.8) is 0 Å². The van der Waals surface area contributed by atoms with Crippen molar-refractivity contribution in [2.24, 2.45) is 17.3 Å². The van der Waals surface area contributed by atoms with Crippen molar-refractivity contribution in [1.82, 2.24) is 5.32 Å². The Hall–Kier alpha value is -0.0400. The van der Waals surface area contributed by atoms with Crippen LogP contribution in [-0.4, -0.2) is 13.1 Å². The van der Waals surface area contributed by atoms with E-state index in [-0.39, 0.29) is 0 Å². The average Bonchev–Trinajstić information content (AvgIpc) is 2.15.